The van der Waals surface area contributed by atoms with Crippen LogP contribution >= 0.6 is 24.2 Å². The Balaban J connectivity index is 0.00000208. The fourth-order valence-electron chi connectivity index (χ4n) is 4.16. The van der Waals surface area contributed by atoms with E-state index in [1.54, 1.807) is 11.8 Å². The van der Waals surface area contributed by atoms with E-state index in [9.17, 15) is 4.79 Å². The number of fused-ring (bicyclic) bond motifs is 2. The molecule has 2 bridgehead atoms. The predicted octanol–water partition coefficient (Wildman–Crippen LogP) is 4.70. The standard InChI is InChI=1S/C19H28N2OS.ClH/c1-12(2)23-17-9-4-3-8-16(17)21-19(22)15-10-13-6-5-7-14(11-15)18(13)20;/h3-4,8-9,12-15,18H,5-7,10-11,20H2,1-2H3,(H,21,22);1H. The van der Waals surface area contributed by atoms with Gasteiger partial charge in [0.1, 0.15) is 0 Å². The minimum atomic E-state index is 0. The van der Waals surface area contributed by atoms with Gasteiger partial charge in [-0.3, -0.25) is 4.79 Å². The quantitative estimate of drug-likeness (QED) is 0.757. The summed E-state index contributed by atoms with van der Waals surface area (Å²) in [5, 5.41) is 3.69. The number of anilines is 1. The second kappa shape index (κ2) is 8.59. The zero-order valence-corrected chi connectivity index (χ0v) is 16.2. The van der Waals surface area contributed by atoms with E-state index in [1.807, 2.05) is 18.2 Å². The van der Waals surface area contributed by atoms with Crippen molar-refractivity contribution in [2.75, 3.05) is 5.32 Å². The molecule has 2 fully saturated rings. The Bertz CT molecular complexity index is 552. The fourth-order valence-corrected chi connectivity index (χ4v) is 5.08. The summed E-state index contributed by atoms with van der Waals surface area (Å²) in [6.45, 7) is 4.35. The van der Waals surface area contributed by atoms with Crippen LogP contribution in [0.3, 0.4) is 0 Å². The van der Waals surface area contributed by atoms with Crippen molar-refractivity contribution in [3.05, 3.63) is 24.3 Å². The first-order chi connectivity index (χ1) is 11.0. The van der Waals surface area contributed by atoms with Crippen LogP contribution in [0.2, 0.25) is 0 Å². The van der Waals surface area contributed by atoms with Gasteiger partial charge in [-0.25, -0.2) is 0 Å². The largest absolute Gasteiger partial charge is 0.327 e. The summed E-state index contributed by atoms with van der Waals surface area (Å²) in [7, 11) is 0. The molecule has 1 aromatic carbocycles. The van der Waals surface area contributed by atoms with E-state index in [0.717, 1.165) is 23.4 Å². The van der Waals surface area contributed by atoms with E-state index in [4.69, 9.17) is 5.73 Å². The summed E-state index contributed by atoms with van der Waals surface area (Å²) in [5.74, 6) is 1.39. The summed E-state index contributed by atoms with van der Waals surface area (Å²) < 4.78 is 0. The first-order valence-corrected chi connectivity index (χ1v) is 9.74. The van der Waals surface area contributed by atoms with Crippen molar-refractivity contribution in [3.8, 4) is 0 Å². The average Bonchev–Trinajstić information content (AvgIpc) is 2.48. The first-order valence-electron chi connectivity index (χ1n) is 8.86. The molecule has 0 radical (unpaired) electrons. The lowest BCUT2D eigenvalue weighted by molar-refractivity contribution is -0.122. The molecule has 5 heteroatoms. The second-order valence-electron chi connectivity index (χ2n) is 7.35. The first kappa shape index (κ1) is 19.6. The van der Waals surface area contributed by atoms with Crippen molar-refractivity contribution in [3.63, 3.8) is 0 Å². The zero-order valence-electron chi connectivity index (χ0n) is 14.5. The number of carbonyl (C=O) groups is 1. The Hall–Kier alpha value is -0.710. The van der Waals surface area contributed by atoms with E-state index < -0.39 is 0 Å². The molecule has 3 nitrogen and oxygen atoms in total. The smallest absolute Gasteiger partial charge is 0.227 e. The van der Waals surface area contributed by atoms with Gasteiger partial charge in [0, 0.05) is 22.1 Å². The van der Waals surface area contributed by atoms with Crippen LogP contribution in [0.1, 0.15) is 46.0 Å². The van der Waals surface area contributed by atoms with Gasteiger partial charge in [0.25, 0.3) is 0 Å². The molecule has 1 amide bonds. The molecule has 24 heavy (non-hydrogen) atoms. The third-order valence-electron chi connectivity index (χ3n) is 5.29. The third-order valence-corrected chi connectivity index (χ3v) is 6.37. The average molecular weight is 369 g/mol. The van der Waals surface area contributed by atoms with Gasteiger partial charge in [-0.15, -0.1) is 24.2 Å². The highest BCUT2D eigenvalue weighted by atomic mass is 35.5. The highest BCUT2D eigenvalue weighted by Crippen LogP contribution is 2.42. The molecule has 3 N–H and O–H groups in total. The van der Waals surface area contributed by atoms with Crippen LogP contribution in [0.15, 0.2) is 29.2 Å². The maximum Gasteiger partial charge on any atom is 0.227 e. The lowest BCUT2D eigenvalue weighted by Crippen LogP contribution is -2.48. The number of hydrogen-bond donors (Lipinski definition) is 2. The number of nitrogens with two attached hydrogens (primary N) is 1. The normalized spacial score (nSPS) is 29.0. The van der Waals surface area contributed by atoms with E-state index in [-0.39, 0.29) is 24.2 Å². The number of thioether (sulfide) groups is 1. The molecule has 0 spiro atoms. The van der Waals surface area contributed by atoms with Gasteiger partial charge in [0.2, 0.25) is 5.91 Å². The van der Waals surface area contributed by atoms with E-state index in [0.29, 0.717) is 23.1 Å². The predicted molar refractivity (Wildman–Crippen MR) is 105 cm³/mol. The van der Waals surface area contributed by atoms with E-state index >= 15 is 0 Å². The van der Waals surface area contributed by atoms with Crippen molar-refractivity contribution in [2.45, 2.75) is 62.1 Å². The molecule has 2 saturated carbocycles. The van der Waals surface area contributed by atoms with Gasteiger partial charge < -0.3 is 11.1 Å². The summed E-state index contributed by atoms with van der Waals surface area (Å²) >= 11 is 1.80. The van der Waals surface area contributed by atoms with Gasteiger partial charge in [-0.2, -0.15) is 0 Å². The number of para-hydroxylation sites is 1. The number of nitrogens with one attached hydrogen (secondary N) is 1. The van der Waals surface area contributed by atoms with Gasteiger partial charge in [0.15, 0.2) is 0 Å². The van der Waals surface area contributed by atoms with Crippen LogP contribution in [0.25, 0.3) is 0 Å². The Morgan fingerprint density at radius 2 is 1.83 bits per heavy atom. The third kappa shape index (κ3) is 4.47. The van der Waals surface area contributed by atoms with Crippen LogP contribution in [-0.4, -0.2) is 17.2 Å². The molecule has 134 valence electrons. The number of benzene rings is 1. The SMILES string of the molecule is CC(C)Sc1ccccc1NC(=O)C1CC2CCCC(C1)C2N.Cl. The topological polar surface area (TPSA) is 55.1 Å². The number of hydrogen-bond acceptors (Lipinski definition) is 3. The summed E-state index contributed by atoms with van der Waals surface area (Å²) in [5.41, 5.74) is 7.30. The maximum atomic E-state index is 12.8. The molecule has 3 rings (SSSR count). The number of amides is 1. The molecule has 2 aliphatic carbocycles. The van der Waals surface area contributed by atoms with Gasteiger partial charge in [-0.1, -0.05) is 32.4 Å². The molecule has 0 aliphatic heterocycles. The van der Waals surface area contributed by atoms with Gasteiger partial charge in [-0.05, 0) is 49.7 Å². The van der Waals surface area contributed by atoms with Crippen LogP contribution < -0.4 is 11.1 Å². The molecule has 0 saturated heterocycles. The van der Waals surface area contributed by atoms with Crippen molar-refractivity contribution in [2.24, 2.45) is 23.5 Å². The molecular weight excluding hydrogens is 340 g/mol. The number of rotatable bonds is 4. The van der Waals surface area contributed by atoms with Crippen LogP contribution in [0.4, 0.5) is 5.69 Å². The molecule has 2 atom stereocenters. The minimum Gasteiger partial charge on any atom is -0.327 e. The minimum absolute atomic E-state index is 0. The van der Waals surface area contributed by atoms with Crippen molar-refractivity contribution < 1.29 is 4.79 Å². The Labute approximate surface area is 155 Å². The van der Waals surface area contributed by atoms with E-state index in [2.05, 4.69) is 25.2 Å². The van der Waals surface area contributed by atoms with Crippen LogP contribution in [0.5, 0.6) is 0 Å². The van der Waals surface area contributed by atoms with Crippen LogP contribution in [0, 0.1) is 17.8 Å². The Kier molecular flexibility index (Phi) is 7.02. The van der Waals surface area contributed by atoms with Gasteiger partial charge in [0.05, 0.1) is 5.69 Å². The van der Waals surface area contributed by atoms with Crippen molar-refractivity contribution in [1.29, 1.82) is 0 Å². The molecule has 1 aromatic rings. The fraction of sp³-hybridized carbons (Fsp3) is 0.632. The molecule has 2 unspecified atom stereocenters. The monoisotopic (exact) mass is 368 g/mol. The highest BCUT2D eigenvalue weighted by molar-refractivity contribution is 8.00. The zero-order chi connectivity index (χ0) is 16.4. The van der Waals surface area contributed by atoms with Gasteiger partial charge >= 0.3 is 0 Å². The lowest BCUT2D eigenvalue weighted by atomic mass is 9.65. The number of halogens is 1. The molecular formula is C19H29ClN2OS. The highest BCUT2D eigenvalue weighted by Gasteiger charge is 2.40. The second-order valence-corrected chi connectivity index (χ2v) is 8.97. The van der Waals surface area contributed by atoms with Crippen molar-refractivity contribution >= 4 is 35.8 Å². The van der Waals surface area contributed by atoms with Crippen molar-refractivity contribution in [1.82, 2.24) is 0 Å². The molecule has 2 aliphatic rings. The number of carbonyl (C=O) groups excluding carboxylic acids is 1. The maximum absolute atomic E-state index is 12.8. The lowest BCUT2D eigenvalue weighted by Gasteiger charge is -2.43. The Morgan fingerprint density at radius 1 is 1.21 bits per heavy atom. The summed E-state index contributed by atoms with van der Waals surface area (Å²) in [6.07, 6.45) is 5.60. The summed E-state index contributed by atoms with van der Waals surface area (Å²) in [4.78, 5) is 13.9. The van der Waals surface area contributed by atoms with E-state index in [1.165, 1.54) is 19.3 Å². The molecule has 0 aromatic heterocycles. The molecule has 0 heterocycles. The Morgan fingerprint density at radius 3 is 2.46 bits per heavy atom. The van der Waals surface area contributed by atoms with Crippen LogP contribution in [-0.2, 0) is 4.79 Å². The summed E-state index contributed by atoms with van der Waals surface area (Å²) in [6, 6.07) is 8.44.